The molecule has 0 saturated carbocycles. The Balaban J connectivity index is 2.13. The van der Waals surface area contributed by atoms with Crippen LogP contribution in [0.15, 0.2) is 28.9 Å². The highest BCUT2D eigenvalue weighted by Gasteiger charge is 2.13. The zero-order valence-electron chi connectivity index (χ0n) is 11.6. The predicted octanol–water partition coefficient (Wildman–Crippen LogP) is 2.43. The molecule has 0 fully saturated rings. The summed E-state index contributed by atoms with van der Waals surface area (Å²) < 4.78 is 7.83. The molecule has 1 heterocycles. The lowest BCUT2D eigenvalue weighted by atomic mass is 10.1. The second kappa shape index (κ2) is 6.09. The van der Waals surface area contributed by atoms with Gasteiger partial charge in [0.05, 0.1) is 30.0 Å². The van der Waals surface area contributed by atoms with Crippen LogP contribution in [0.5, 0.6) is 5.75 Å². The number of hydrogen-bond donors (Lipinski definition) is 1. The Morgan fingerprint density at radius 2 is 2.25 bits per heavy atom. The third-order valence-electron chi connectivity index (χ3n) is 3.18. The SMILES string of the molecule is COc1cccc(C(=O)NCc2c(Br)cnn2C)c1C. The molecule has 6 heteroatoms. The molecular weight excluding hydrogens is 322 g/mol. The summed E-state index contributed by atoms with van der Waals surface area (Å²) in [7, 11) is 3.43. The Morgan fingerprint density at radius 1 is 1.50 bits per heavy atom. The smallest absolute Gasteiger partial charge is 0.252 e. The molecule has 1 amide bonds. The summed E-state index contributed by atoms with van der Waals surface area (Å²) in [6.45, 7) is 2.28. The maximum Gasteiger partial charge on any atom is 0.252 e. The van der Waals surface area contributed by atoms with Crippen molar-refractivity contribution in [2.45, 2.75) is 13.5 Å². The van der Waals surface area contributed by atoms with Crippen molar-refractivity contribution in [1.29, 1.82) is 0 Å². The normalized spacial score (nSPS) is 10.4. The highest BCUT2D eigenvalue weighted by Crippen LogP contribution is 2.21. The monoisotopic (exact) mass is 337 g/mol. The zero-order chi connectivity index (χ0) is 14.7. The highest BCUT2D eigenvalue weighted by atomic mass is 79.9. The van der Waals surface area contributed by atoms with Crippen LogP contribution in [0.3, 0.4) is 0 Å². The van der Waals surface area contributed by atoms with Crippen LogP contribution < -0.4 is 10.1 Å². The Morgan fingerprint density at radius 3 is 2.85 bits per heavy atom. The summed E-state index contributed by atoms with van der Waals surface area (Å²) >= 11 is 3.41. The summed E-state index contributed by atoms with van der Waals surface area (Å²) in [5, 5.41) is 7.00. The van der Waals surface area contributed by atoms with Crippen molar-refractivity contribution < 1.29 is 9.53 Å². The van der Waals surface area contributed by atoms with Gasteiger partial charge in [0.1, 0.15) is 5.75 Å². The fourth-order valence-electron chi connectivity index (χ4n) is 1.98. The van der Waals surface area contributed by atoms with E-state index >= 15 is 0 Å². The molecule has 5 nitrogen and oxygen atoms in total. The van der Waals surface area contributed by atoms with E-state index in [-0.39, 0.29) is 5.91 Å². The van der Waals surface area contributed by atoms with Crippen LogP contribution in [0.1, 0.15) is 21.6 Å². The number of aryl methyl sites for hydroxylation is 1. The van der Waals surface area contributed by atoms with E-state index in [1.807, 2.05) is 20.0 Å². The first-order valence-electron chi connectivity index (χ1n) is 6.12. The third-order valence-corrected chi connectivity index (χ3v) is 3.84. The van der Waals surface area contributed by atoms with Gasteiger partial charge in [0.25, 0.3) is 5.91 Å². The molecule has 2 aromatic rings. The molecular formula is C14H16BrN3O2. The molecule has 20 heavy (non-hydrogen) atoms. The van der Waals surface area contributed by atoms with Gasteiger partial charge >= 0.3 is 0 Å². The van der Waals surface area contributed by atoms with Crippen molar-refractivity contribution in [3.63, 3.8) is 0 Å². The number of carbonyl (C=O) groups is 1. The van der Waals surface area contributed by atoms with E-state index in [4.69, 9.17) is 4.74 Å². The first-order valence-corrected chi connectivity index (χ1v) is 6.92. The number of carbonyl (C=O) groups excluding carboxylic acids is 1. The summed E-state index contributed by atoms with van der Waals surface area (Å²) in [6.07, 6.45) is 1.71. The van der Waals surface area contributed by atoms with Gasteiger partial charge in [-0.3, -0.25) is 9.48 Å². The molecule has 1 aromatic heterocycles. The lowest BCUT2D eigenvalue weighted by Gasteiger charge is -2.11. The number of rotatable bonds is 4. The first kappa shape index (κ1) is 14.6. The number of hydrogen-bond acceptors (Lipinski definition) is 3. The van der Waals surface area contributed by atoms with Gasteiger partial charge in [-0.2, -0.15) is 5.10 Å². The number of ether oxygens (including phenoxy) is 1. The highest BCUT2D eigenvalue weighted by molar-refractivity contribution is 9.10. The summed E-state index contributed by atoms with van der Waals surface area (Å²) in [6, 6.07) is 5.43. The topological polar surface area (TPSA) is 56.1 Å². The summed E-state index contributed by atoms with van der Waals surface area (Å²) in [5.41, 5.74) is 2.36. The fourth-order valence-corrected chi connectivity index (χ4v) is 2.46. The van der Waals surface area contributed by atoms with Crippen LogP contribution in [-0.2, 0) is 13.6 Å². The molecule has 0 atom stereocenters. The Bertz CT molecular complexity index is 618. The molecule has 0 saturated heterocycles. The molecule has 0 aliphatic carbocycles. The predicted molar refractivity (Wildman–Crippen MR) is 79.8 cm³/mol. The molecule has 106 valence electrons. The third kappa shape index (κ3) is 2.85. The molecule has 0 unspecified atom stereocenters. The lowest BCUT2D eigenvalue weighted by Crippen LogP contribution is -2.25. The lowest BCUT2D eigenvalue weighted by molar-refractivity contribution is 0.0949. The van der Waals surface area contributed by atoms with E-state index in [1.54, 1.807) is 30.1 Å². The van der Waals surface area contributed by atoms with Gasteiger partial charge in [0.15, 0.2) is 0 Å². The van der Waals surface area contributed by atoms with Crippen LogP contribution in [-0.4, -0.2) is 22.8 Å². The van der Waals surface area contributed by atoms with E-state index in [9.17, 15) is 4.79 Å². The number of nitrogens with one attached hydrogen (secondary N) is 1. The standard InChI is InChI=1S/C14H16BrN3O2/c1-9-10(5-4-6-13(9)20-3)14(19)16-8-12-11(15)7-17-18(12)2/h4-7H,8H2,1-3H3,(H,16,19). The van der Waals surface area contributed by atoms with Gasteiger partial charge < -0.3 is 10.1 Å². The second-order valence-electron chi connectivity index (χ2n) is 4.38. The number of amides is 1. The van der Waals surface area contributed by atoms with E-state index in [0.717, 1.165) is 15.7 Å². The Kier molecular flexibility index (Phi) is 4.44. The van der Waals surface area contributed by atoms with Crippen LogP contribution >= 0.6 is 15.9 Å². The van der Waals surface area contributed by atoms with Crippen molar-refractivity contribution in [1.82, 2.24) is 15.1 Å². The second-order valence-corrected chi connectivity index (χ2v) is 5.23. The van der Waals surface area contributed by atoms with Crippen molar-refractivity contribution in [2.75, 3.05) is 7.11 Å². The van der Waals surface area contributed by atoms with Gasteiger partial charge in [0.2, 0.25) is 0 Å². The molecule has 0 aliphatic rings. The number of nitrogens with zero attached hydrogens (tertiary/aromatic N) is 2. The molecule has 0 spiro atoms. The quantitative estimate of drug-likeness (QED) is 0.932. The molecule has 0 radical (unpaired) electrons. The van der Waals surface area contributed by atoms with E-state index in [0.29, 0.717) is 17.9 Å². The summed E-state index contributed by atoms with van der Waals surface area (Å²) in [5.74, 6) is 0.578. The maximum absolute atomic E-state index is 12.2. The van der Waals surface area contributed by atoms with E-state index < -0.39 is 0 Å². The zero-order valence-corrected chi connectivity index (χ0v) is 13.2. The van der Waals surface area contributed by atoms with Crippen molar-refractivity contribution in [3.8, 4) is 5.75 Å². The van der Waals surface area contributed by atoms with Crippen molar-refractivity contribution in [2.24, 2.45) is 7.05 Å². The minimum Gasteiger partial charge on any atom is -0.496 e. The van der Waals surface area contributed by atoms with Gasteiger partial charge in [-0.1, -0.05) is 6.07 Å². The largest absolute Gasteiger partial charge is 0.496 e. The molecule has 0 bridgehead atoms. The fraction of sp³-hybridized carbons (Fsp3) is 0.286. The minimum atomic E-state index is -0.130. The van der Waals surface area contributed by atoms with Crippen LogP contribution in [0.2, 0.25) is 0 Å². The van der Waals surface area contributed by atoms with Crippen LogP contribution in [0.4, 0.5) is 0 Å². The van der Waals surface area contributed by atoms with E-state index in [2.05, 4.69) is 26.3 Å². The van der Waals surface area contributed by atoms with Gasteiger partial charge in [0, 0.05) is 18.2 Å². The first-order chi connectivity index (χ1) is 9.54. The molecule has 1 aromatic carbocycles. The molecule has 2 rings (SSSR count). The number of methoxy groups -OCH3 is 1. The van der Waals surface area contributed by atoms with Gasteiger partial charge in [-0.05, 0) is 35.0 Å². The van der Waals surface area contributed by atoms with Crippen molar-refractivity contribution >= 4 is 21.8 Å². The maximum atomic E-state index is 12.2. The van der Waals surface area contributed by atoms with Crippen molar-refractivity contribution in [3.05, 3.63) is 45.7 Å². The van der Waals surface area contributed by atoms with Crippen LogP contribution in [0, 0.1) is 6.92 Å². The summed E-state index contributed by atoms with van der Waals surface area (Å²) in [4.78, 5) is 12.2. The number of aromatic nitrogens is 2. The number of benzene rings is 1. The van der Waals surface area contributed by atoms with Gasteiger partial charge in [-0.25, -0.2) is 0 Å². The average Bonchev–Trinajstić information content (AvgIpc) is 2.76. The van der Waals surface area contributed by atoms with E-state index in [1.165, 1.54) is 0 Å². The van der Waals surface area contributed by atoms with Crippen LogP contribution in [0.25, 0.3) is 0 Å². The van der Waals surface area contributed by atoms with Gasteiger partial charge in [-0.15, -0.1) is 0 Å². The Hall–Kier alpha value is -1.82. The Labute approximate surface area is 126 Å². The molecule has 0 aliphatic heterocycles. The number of halogens is 1. The minimum absolute atomic E-state index is 0.130. The average molecular weight is 338 g/mol. The molecule has 1 N–H and O–H groups in total.